The molecule has 2 atom stereocenters. The van der Waals surface area contributed by atoms with Crippen molar-refractivity contribution in [1.82, 2.24) is 5.32 Å². The normalized spacial score (nSPS) is 38.0. The first-order chi connectivity index (χ1) is 4.29. The second-order valence-corrected chi connectivity index (χ2v) is 2.54. The summed E-state index contributed by atoms with van der Waals surface area (Å²) in [5, 5.41) is 21.0. The van der Waals surface area contributed by atoms with Gasteiger partial charge >= 0.3 is 0 Å². The molecule has 0 saturated carbocycles. The molecule has 0 aliphatic carbocycles. The lowest BCUT2D eigenvalue weighted by atomic mass is 10.1. The molecule has 3 N–H and O–H groups in total. The third-order valence-corrected chi connectivity index (χ3v) is 1.59. The minimum absolute atomic E-state index is 0.262. The van der Waals surface area contributed by atoms with E-state index in [0.717, 1.165) is 0 Å². The maximum Gasteiger partial charge on any atom is 0.0665 e. The molecule has 3 nitrogen and oxygen atoms in total. The van der Waals surface area contributed by atoms with E-state index in [-0.39, 0.29) is 12.2 Å². The molecule has 54 valence electrons. The van der Waals surface area contributed by atoms with Crippen LogP contribution in [0.4, 0.5) is 0 Å². The third kappa shape index (κ3) is 2.30. The van der Waals surface area contributed by atoms with Gasteiger partial charge in [-0.25, -0.2) is 0 Å². The molecule has 1 aliphatic rings. The zero-order valence-corrected chi connectivity index (χ0v) is 5.38. The fraction of sp³-hybridized carbons (Fsp3) is 1.00. The van der Waals surface area contributed by atoms with Gasteiger partial charge in [0.05, 0.1) is 12.2 Å². The van der Waals surface area contributed by atoms with Gasteiger partial charge in [-0.1, -0.05) is 0 Å². The van der Waals surface area contributed by atoms with E-state index in [0.29, 0.717) is 25.9 Å². The van der Waals surface area contributed by atoms with Crippen molar-refractivity contribution in [2.45, 2.75) is 25.0 Å². The minimum Gasteiger partial charge on any atom is -0.392 e. The van der Waals surface area contributed by atoms with Crippen molar-refractivity contribution in [3.63, 3.8) is 0 Å². The molecule has 0 radical (unpaired) electrons. The van der Waals surface area contributed by atoms with Gasteiger partial charge in [-0.3, -0.25) is 0 Å². The smallest absolute Gasteiger partial charge is 0.0665 e. The van der Waals surface area contributed by atoms with E-state index in [1.165, 1.54) is 0 Å². The van der Waals surface area contributed by atoms with Crippen molar-refractivity contribution in [2.75, 3.05) is 13.1 Å². The zero-order chi connectivity index (χ0) is 6.69. The molecule has 0 aromatic rings. The predicted molar refractivity (Wildman–Crippen MR) is 34.1 cm³/mol. The van der Waals surface area contributed by atoms with E-state index in [1.54, 1.807) is 0 Å². The third-order valence-electron chi connectivity index (χ3n) is 1.59. The lowest BCUT2D eigenvalue weighted by molar-refractivity contribution is 0.144. The molecule has 9 heavy (non-hydrogen) atoms. The average molecular weight is 131 g/mol. The van der Waals surface area contributed by atoms with Crippen LogP contribution in [0, 0.1) is 0 Å². The van der Waals surface area contributed by atoms with Gasteiger partial charge in [0.1, 0.15) is 0 Å². The van der Waals surface area contributed by atoms with E-state index in [1.807, 2.05) is 0 Å². The lowest BCUT2D eigenvalue weighted by Crippen LogP contribution is -2.27. The van der Waals surface area contributed by atoms with E-state index < -0.39 is 0 Å². The molecule has 0 aromatic heterocycles. The predicted octanol–water partition coefficient (Wildman–Crippen LogP) is -0.908. The molecule has 3 heteroatoms. The van der Waals surface area contributed by atoms with Crippen LogP contribution in [0.5, 0.6) is 0 Å². The molecule has 0 aromatic carbocycles. The van der Waals surface area contributed by atoms with Gasteiger partial charge in [0, 0.05) is 13.1 Å². The molecule has 1 fully saturated rings. The van der Waals surface area contributed by atoms with E-state index in [4.69, 9.17) is 10.2 Å². The number of rotatable bonds is 0. The van der Waals surface area contributed by atoms with Crippen LogP contribution in [0.1, 0.15) is 12.8 Å². The Morgan fingerprint density at radius 3 is 1.89 bits per heavy atom. The van der Waals surface area contributed by atoms with Gasteiger partial charge in [0.25, 0.3) is 0 Å². The Labute approximate surface area is 54.7 Å². The van der Waals surface area contributed by atoms with Crippen LogP contribution in [0.3, 0.4) is 0 Å². The first kappa shape index (κ1) is 6.99. The highest BCUT2D eigenvalue weighted by molar-refractivity contribution is 4.70. The summed E-state index contributed by atoms with van der Waals surface area (Å²) in [5.74, 6) is 0. The molecule has 1 saturated heterocycles. The first-order valence-electron chi connectivity index (χ1n) is 3.36. The van der Waals surface area contributed by atoms with Gasteiger partial charge in [0.15, 0.2) is 0 Å². The average Bonchev–Trinajstić information content (AvgIpc) is 1.97. The van der Waals surface area contributed by atoms with Gasteiger partial charge < -0.3 is 15.5 Å². The zero-order valence-electron chi connectivity index (χ0n) is 5.38. The summed E-state index contributed by atoms with van der Waals surface area (Å²) in [5.41, 5.74) is 0. The fourth-order valence-electron chi connectivity index (χ4n) is 1.01. The highest BCUT2D eigenvalue weighted by atomic mass is 16.3. The maximum absolute atomic E-state index is 9.03. The van der Waals surface area contributed by atoms with Crippen LogP contribution in [0.15, 0.2) is 0 Å². The molecule has 0 unspecified atom stereocenters. The summed E-state index contributed by atoms with van der Waals surface area (Å²) >= 11 is 0. The summed E-state index contributed by atoms with van der Waals surface area (Å²) in [7, 11) is 0. The van der Waals surface area contributed by atoms with Crippen LogP contribution in [-0.4, -0.2) is 35.5 Å². The van der Waals surface area contributed by atoms with Gasteiger partial charge in [-0.15, -0.1) is 0 Å². The molecule has 1 rings (SSSR count). The molecule has 1 heterocycles. The number of aliphatic hydroxyl groups excluding tert-OH is 2. The van der Waals surface area contributed by atoms with Crippen molar-refractivity contribution >= 4 is 0 Å². The number of aliphatic hydroxyl groups is 2. The Kier molecular flexibility index (Phi) is 2.45. The van der Waals surface area contributed by atoms with E-state index in [9.17, 15) is 0 Å². The summed E-state index contributed by atoms with van der Waals surface area (Å²) < 4.78 is 0. The fourth-order valence-corrected chi connectivity index (χ4v) is 1.01. The SMILES string of the molecule is O[C@@H]1CC[C@H](O)CNC1. The Morgan fingerprint density at radius 2 is 1.44 bits per heavy atom. The van der Waals surface area contributed by atoms with Crippen LogP contribution in [-0.2, 0) is 0 Å². The maximum atomic E-state index is 9.03. The lowest BCUT2D eigenvalue weighted by Gasteiger charge is -2.03. The van der Waals surface area contributed by atoms with E-state index >= 15 is 0 Å². The topological polar surface area (TPSA) is 52.5 Å². The number of nitrogens with one attached hydrogen (secondary N) is 1. The summed E-state index contributed by atoms with van der Waals surface area (Å²) in [6.07, 6.45) is 0.909. The molecular weight excluding hydrogens is 118 g/mol. The second kappa shape index (κ2) is 3.15. The summed E-state index contributed by atoms with van der Waals surface area (Å²) in [6.45, 7) is 1.24. The molecule has 0 bridgehead atoms. The van der Waals surface area contributed by atoms with Gasteiger partial charge in [-0.05, 0) is 12.8 Å². The molecule has 0 spiro atoms. The Hall–Kier alpha value is -0.120. The Balaban J connectivity index is 2.25. The van der Waals surface area contributed by atoms with Gasteiger partial charge in [0.2, 0.25) is 0 Å². The summed E-state index contributed by atoms with van der Waals surface area (Å²) in [6, 6.07) is 0. The highest BCUT2D eigenvalue weighted by Gasteiger charge is 2.13. The van der Waals surface area contributed by atoms with Crippen molar-refractivity contribution in [2.24, 2.45) is 0 Å². The van der Waals surface area contributed by atoms with Crippen molar-refractivity contribution < 1.29 is 10.2 Å². The number of β-amino-alcohol motifs (C(OH)–C–C–N with tert-alkyl or cyclic N) is 2. The van der Waals surface area contributed by atoms with Crippen molar-refractivity contribution in [1.29, 1.82) is 0 Å². The van der Waals surface area contributed by atoms with Gasteiger partial charge in [-0.2, -0.15) is 0 Å². The molecular formula is C6H13NO2. The van der Waals surface area contributed by atoms with E-state index in [2.05, 4.69) is 5.32 Å². The van der Waals surface area contributed by atoms with Crippen LogP contribution in [0.2, 0.25) is 0 Å². The quantitative estimate of drug-likeness (QED) is 0.399. The first-order valence-corrected chi connectivity index (χ1v) is 3.36. The van der Waals surface area contributed by atoms with Crippen LogP contribution in [0.25, 0.3) is 0 Å². The highest BCUT2D eigenvalue weighted by Crippen LogP contribution is 2.03. The Morgan fingerprint density at radius 1 is 1.00 bits per heavy atom. The Bertz CT molecular complexity index is 77.1. The van der Waals surface area contributed by atoms with Crippen LogP contribution < -0.4 is 5.32 Å². The molecule has 0 amide bonds. The number of hydrogen-bond acceptors (Lipinski definition) is 3. The second-order valence-electron chi connectivity index (χ2n) is 2.54. The van der Waals surface area contributed by atoms with Crippen molar-refractivity contribution in [3.8, 4) is 0 Å². The minimum atomic E-state index is -0.262. The summed E-state index contributed by atoms with van der Waals surface area (Å²) in [4.78, 5) is 0. The van der Waals surface area contributed by atoms with Crippen LogP contribution >= 0.6 is 0 Å². The standard InChI is InChI=1S/C6H13NO2/c8-5-1-2-6(9)4-7-3-5/h5-9H,1-4H2/t5-,6+. The van der Waals surface area contributed by atoms with Crippen molar-refractivity contribution in [3.05, 3.63) is 0 Å². The number of hydrogen-bond donors (Lipinski definition) is 3. The monoisotopic (exact) mass is 131 g/mol. The molecule has 1 aliphatic heterocycles. The largest absolute Gasteiger partial charge is 0.392 e.